The molecular weight excluding hydrogens is 244 g/mol. The molecule has 1 aliphatic rings. The predicted octanol–water partition coefficient (Wildman–Crippen LogP) is 2.31. The zero-order valence-electron chi connectivity index (χ0n) is 9.02. The second kappa shape index (κ2) is 5.06. The summed E-state index contributed by atoms with van der Waals surface area (Å²) in [5, 5.41) is 0.928. The van der Waals surface area contributed by atoms with Gasteiger partial charge in [0, 0.05) is 30.3 Å². The van der Waals surface area contributed by atoms with Gasteiger partial charge < -0.3 is 4.90 Å². The highest BCUT2D eigenvalue weighted by Gasteiger charge is 2.22. The van der Waals surface area contributed by atoms with Crippen LogP contribution in [0.2, 0.25) is 5.15 Å². The number of thioether (sulfide) groups is 1. The van der Waals surface area contributed by atoms with Crippen LogP contribution in [-0.4, -0.2) is 39.9 Å². The summed E-state index contributed by atoms with van der Waals surface area (Å²) in [5.74, 6) is 1.06. The van der Waals surface area contributed by atoms with E-state index in [1.54, 1.807) is 12.1 Å². The van der Waals surface area contributed by atoms with Crippen LogP contribution >= 0.6 is 23.4 Å². The molecule has 1 aromatic heterocycles. The fraction of sp³-hybridized carbons (Fsp3) is 0.455. The van der Waals surface area contributed by atoms with Gasteiger partial charge in [0.2, 0.25) is 0 Å². The monoisotopic (exact) mass is 256 g/mol. The lowest BCUT2D eigenvalue weighted by atomic mass is 10.2. The summed E-state index contributed by atoms with van der Waals surface area (Å²) < 4.78 is 0. The topological polar surface area (TPSA) is 33.2 Å². The highest BCUT2D eigenvalue weighted by Crippen LogP contribution is 2.19. The Labute approximate surface area is 104 Å². The molecule has 0 saturated carbocycles. The number of halogens is 1. The van der Waals surface area contributed by atoms with Gasteiger partial charge in [-0.05, 0) is 12.1 Å². The molecule has 1 fully saturated rings. The van der Waals surface area contributed by atoms with Crippen LogP contribution in [0.4, 0.5) is 0 Å². The van der Waals surface area contributed by atoms with Gasteiger partial charge in [-0.1, -0.05) is 18.5 Å². The average molecular weight is 257 g/mol. The van der Waals surface area contributed by atoms with Crippen molar-refractivity contribution >= 4 is 29.3 Å². The maximum Gasteiger partial charge on any atom is 0.255 e. The minimum absolute atomic E-state index is 0.0521. The molecule has 3 nitrogen and oxygen atoms in total. The van der Waals surface area contributed by atoms with E-state index in [1.807, 2.05) is 16.7 Å². The molecule has 1 saturated heterocycles. The molecule has 1 unspecified atom stereocenters. The summed E-state index contributed by atoms with van der Waals surface area (Å²) >= 11 is 7.59. The number of pyridine rings is 1. The molecule has 2 heterocycles. The van der Waals surface area contributed by atoms with Crippen molar-refractivity contribution in [2.24, 2.45) is 0 Å². The summed E-state index contributed by atoms with van der Waals surface area (Å²) in [6, 6.07) is 3.38. The highest BCUT2D eigenvalue weighted by atomic mass is 35.5. The number of hydrogen-bond donors (Lipinski definition) is 0. The van der Waals surface area contributed by atoms with Crippen LogP contribution in [0.1, 0.15) is 17.3 Å². The Balaban J connectivity index is 2.09. The first-order valence-electron chi connectivity index (χ1n) is 5.19. The number of hydrogen-bond acceptors (Lipinski definition) is 3. The van der Waals surface area contributed by atoms with Crippen molar-refractivity contribution in [1.82, 2.24) is 9.88 Å². The molecule has 86 valence electrons. The summed E-state index contributed by atoms with van der Waals surface area (Å²) in [4.78, 5) is 17.9. The Morgan fingerprint density at radius 2 is 2.44 bits per heavy atom. The fourth-order valence-electron chi connectivity index (χ4n) is 1.69. The third-order valence-electron chi connectivity index (χ3n) is 2.50. The Morgan fingerprint density at radius 3 is 3.06 bits per heavy atom. The lowest BCUT2D eigenvalue weighted by molar-refractivity contribution is 0.0762. The molecular formula is C11H13ClN2OS. The van der Waals surface area contributed by atoms with Crippen molar-refractivity contribution in [2.45, 2.75) is 12.2 Å². The normalized spacial score (nSPS) is 20.9. The van der Waals surface area contributed by atoms with Crippen LogP contribution in [0.25, 0.3) is 0 Å². The minimum Gasteiger partial charge on any atom is -0.337 e. The zero-order chi connectivity index (χ0) is 11.5. The Kier molecular flexibility index (Phi) is 3.71. The van der Waals surface area contributed by atoms with Crippen LogP contribution in [0.5, 0.6) is 0 Å². The van der Waals surface area contributed by atoms with Gasteiger partial charge in [-0.3, -0.25) is 4.79 Å². The van der Waals surface area contributed by atoms with Gasteiger partial charge in [-0.25, -0.2) is 4.98 Å². The molecule has 5 heteroatoms. The van der Waals surface area contributed by atoms with E-state index in [0.717, 1.165) is 18.8 Å². The van der Waals surface area contributed by atoms with E-state index in [4.69, 9.17) is 11.6 Å². The number of rotatable bonds is 1. The Morgan fingerprint density at radius 1 is 1.62 bits per heavy atom. The first-order valence-corrected chi connectivity index (χ1v) is 6.62. The van der Waals surface area contributed by atoms with Gasteiger partial charge in [-0.2, -0.15) is 11.8 Å². The smallest absolute Gasteiger partial charge is 0.255 e. The molecule has 2 rings (SSSR count). The molecule has 0 aromatic carbocycles. The Hall–Kier alpha value is -0.740. The van der Waals surface area contributed by atoms with E-state index < -0.39 is 0 Å². The highest BCUT2D eigenvalue weighted by molar-refractivity contribution is 7.99. The summed E-state index contributed by atoms with van der Waals surface area (Å²) in [6.45, 7) is 3.77. The number of carbonyl (C=O) groups excluding carboxylic acids is 1. The van der Waals surface area contributed by atoms with Crippen LogP contribution in [0.15, 0.2) is 18.3 Å². The van der Waals surface area contributed by atoms with E-state index in [2.05, 4.69) is 11.9 Å². The molecule has 0 spiro atoms. The fourth-order valence-corrected chi connectivity index (χ4v) is 2.81. The van der Waals surface area contributed by atoms with Gasteiger partial charge in [0.15, 0.2) is 0 Å². The third kappa shape index (κ3) is 2.68. The van der Waals surface area contributed by atoms with Gasteiger partial charge in [0.05, 0.1) is 5.56 Å². The van der Waals surface area contributed by atoms with Gasteiger partial charge in [0.25, 0.3) is 5.91 Å². The quantitative estimate of drug-likeness (QED) is 0.723. The van der Waals surface area contributed by atoms with Crippen LogP contribution < -0.4 is 0 Å². The van der Waals surface area contributed by atoms with Gasteiger partial charge in [0.1, 0.15) is 5.15 Å². The van der Waals surface area contributed by atoms with Crippen LogP contribution in [0, 0.1) is 0 Å². The number of carbonyl (C=O) groups is 1. The van der Waals surface area contributed by atoms with Gasteiger partial charge in [-0.15, -0.1) is 0 Å². The van der Waals surface area contributed by atoms with Crippen molar-refractivity contribution in [3.05, 3.63) is 29.0 Å². The van der Waals surface area contributed by atoms with Crippen LogP contribution in [0.3, 0.4) is 0 Å². The minimum atomic E-state index is 0.0521. The summed E-state index contributed by atoms with van der Waals surface area (Å²) in [5.41, 5.74) is 0.614. The SMILES string of the molecule is CC1CN(C(=O)c2ccc(Cl)nc2)CCS1. The standard InChI is InChI=1S/C11H13ClN2OS/c1-8-7-14(4-5-16-8)11(15)9-2-3-10(12)13-6-9/h2-3,6,8H,4-5,7H2,1H3. The summed E-state index contributed by atoms with van der Waals surface area (Å²) in [6.07, 6.45) is 1.54. The zero-order valence-corrected chi connectivity index (χ0v) is 10.6. The molecule has 1 aliphatic heterocycles. The number of amides is 1. The second-order valence-corrected chi connectivity index (χ2v) is 5.74. The first-order chi connectivity index (χ1) is 7.66. The molecule has 16 heavy (non-hydrogen) atoms. The van der Waals surface area contributed by atoms with E-state index in [9.17, 15) is 4.79 Å². The van der Waals surface area contributed by atoms with Gasteiger partial charge >= 0.3 is 0 Å². The maximum atomic E-state index is 12.1. The van der Waals surface area contributed by atoms with Crippen molar-refractivity contribution < 1.29 is 4.79 Å². The Bertz CT molecular complexity index is 382. The molecule has 0 N–H and O–H groups in total. The molecule has 1 atom stereocenters. The van der Waals surface area contributed by atoms with Crippen molar-refractivity contribution in [3.8, 4) is 0 Å². The molecule has 0 bridgehead atoms. The van der Waals surface area contributed by atoms with E-state index in [1.165, 1.54) is 6.20 Å². The maximum absolute atomic E-state index is 12.1. The molecule has 1 amide bonds. The van der Waals surface area contributed by atoms with Crippen molar-refractivity contribution in [1.29, 1.82) is 0 Å². The third-order valence-corrected chi connectivity index (χ3v) is 3.86. The summed E-state index contributed by atoms with van der Waals surface area (Å²) in [7, 11) is 0. The molecule has 1 aromatic rings. The first kappa shape index (κ1) is 11.7. The lowest BCUT2D eigenvalue weighted by Gasteiger charge is -2.30. The lowest BCUT2D eigenvalue weighted by Crippen LogP contribution is -2.41. The molecule has 0 radical (unpaired) electrons. The second-order valence-electron chi connectivity index (χ2n) is 3.80. The largest absolute Gasteiger partial charge is 0.337 e. The predicted molar refractivity (Wildman–Crippen MR) is 67.1 cm³/mol. The van der Waals surface area contributed by atoms with Crippen LogP contribution in [-0.2, 0) is 0 Å². The molecule has 0 aliphatic carbocycles. The van der Waals surface area contributed by atoms with E-state index in [0.29, 0.717) is 16.0 Å². The average Bonchev–Trinajstić information content (AvgIpc) is 2.29. The number of nitrogens with zero attached hydrogens (tertiary/aromatic N) is 2. The van der Waals surface area contributed by atoms with Crippen molar-refractivity contribution in [3.63, 3.8) is 0 Å². The van der Waals surface area contributed by atoms with E-state index in [-0.39, 0.29) is 5.91 Å². The van der Waals surface area contributed by atoms with Crippen molar-refractivity contribution in [2.75, 3.05) is 18.8 Å². The van der Waals surface area contributed by atoms with E-state index >= 15 is 0 Å². The number of aromatic nitrogens is 1.